The van der Waals surface area contributed by atoms with E-state index in [-0.39, 0.29) is 0 Å². The van der Waals surface area contributed by atoms with Gasteiger partial charge in [-0.15, -0.1) is 0 Å². The van der Waals surface area contributed by atoms with Gasteiger partial charge in [-0.2, -0.15) is 0 Å². The van der Waals surface area contributed by atoms with Crippen molar-refractivity contribution < 1.29 is 0 Å². The molecule has 0 saturated heterocycles. The topological polar surface area (TPSA) is 0 Å². The molecule has 0 fully saturated rings. The van der Waals surface area contributed by atoms with Crippen molar-refractivity contribution in [1.29, 1.82) is 0 Å². The highest BCUT2D eigenvalue weighted by Gasteiger charge is 1.85. The van der Waals surface area contributed by atoms with Crippen LogP contribution < -0.4 is 0 Å². The van der Waals surface area contributed by atoms with Crippen LogP contribution in [0.1, 0.15) is 45.4 Å². The molecule has 11 heavy (non-hydrogen) atoms. The summed E-state index contributed by atoms with van der Waals surface area (Å²) in [4.78, 5) is 0. The van der Waals surface area contributed by atoms with Crippen LogP contribution in [0.2, 0.25) is 0 Å². The normalized spacial score (nSPS) is 13.9. The Morgan fingerprint density at radius 3 is 2.64 bits per heavy atom. The first-order valence-corrected chi connectivity index (χ1v) is 4.50. The molecule has 0 aromatic rings. The first kappa shape index (κ1) is 10.5. The van der Waals surface area contributed by atoms with Gasteiger partial charge in [0.15, 0.2) is 0 Å². The minimum Gasteiger partial charge on any atom is -0.0845 e. The summed E-state index contributed by atoms with van der Waals surface area (Å²) in [5.74, 6) is 0. The van der Waals surface area contributed by atoms with Gasteiger partial charge in [0.25, 0.3) is 0 Å². The van der Waals surface area contributed by atoms with Gasteiger partial charge in [-0.25, -0.2) is 0 Å². The molecule has 0 heteroatoms. The van der Waals surface area contributed by atoms with Gasteiger partial charge < -0.3 is 0 Å². The third-order valence-electron chi connectivity index (χ3n) is 1.54. The number of rotatable bonds is 3. The Morgan fingerprint density at radius 1 is 1.64 bits per heavy atom. The molecule has 0 N–H and O–H groups in total. The number of hydrogen-bond acceptors (Lipinski definition) is 0. The molecule has 1 aliphatic carbocycles. The van der Waals surface area contributed by atoms with Crippen LogP contribution >= 0.6 is 0 Å². The summed E-state index contributed by atoms with van der Waals surface area (Å²) in [5, 5.41) is 0. The minimum absolute atomic E-state index is 1.07. The molecule has 0 atom stereocenters. The average molecular weight is 150 g/mol. The second-order valence-corrected chi connectivity index (χ2v) is 2.68. The van der Waals surface area contributed by atoms with Crippen molar-refractivity contribution in [2.24, 2.45) is 0 Å². The monoisotopic (exact) mass is 150 g/mol. The molecular weight excluding hydrogens is 132 g/mol. The van der Waals surface area contributed by atoms with Crippen molar-refractivity contribution >= 4 is 0 Å². The third kappa shape index (κ3) is 9.48. The summed E-state index contributed by atoms with van der Waals surface area (Å²) in [6, 6.07) is 0. The Balaban J connectivity index is 0.000000183. The molecule has 0 heterocycles. The van der Waals surface area contributed by atoms with Crippen LogP contribution in [0, 0.1) is 12.7 Å². The van der Waals surface area contributed by atoms with E-state index in [1.165, 1.54) is 32.1 Å². The maximum atomic E-state index is 5.09. The standard InChI is InChI=1S/C6H11.C5H7/c1-3-5-6-4-2;1-2-4-5-3-1/h1,3H,4-6H2,2H3;1H,2,4-5H2. The van der Waals surface area contributed by atoms with Crippen molar-refractivity contribution in [2.45, 2.75) is 45.4 Å². The molecule has 0 bridgehead atoms. The van der Waals surface area contributed by atoms with Crippen LogP contribution in [0.4, 0.5) is 0 Å². The summed E-state index contributed by atoms with van der Waals surface area (Å²) < 4.78 is 0. The summed E-state index contributed by atoms with van der Waals surface area (Å²) in [6.07, 6.45) is 14.3. The lowest BCUT2D eigenvalue weighted by Crippen LogP contribution is -1.62. The smallest absolute Gasteiger partial charge is 0.0276 e. The minimum atomic E-state index is 1.07. The molecule has 0 unspecified atom stereocenters. The molecule has 0 saturated carbocycles. The van der Waals surface area contributed by atoms with E-state index in [1.54, 1.807) is 6.08 Å². The summed E-state index contributed by atoms with van der Waals surface area (Å²) in [7, 11) is 0. The van der Waals surface area contributed by atoms with E-state index in [9.17, 15) is 0 Å². The Morgan fingerprint density at radius 2 is 2.45 bits per heavy atom. The average Bonchev–Trinajstić information content (AvgIpc) is 2.57. The Labute approximate surface area is 71.0 Å². The molecule has 1 rings (SSSR count). The maximum Gasteiger partial charge on any atom is -0.0276 e. The zero-order valence-electron chi connectivity index (χ0n) is 7.47. The van der Waals surface area contributed by atoms with Crippen LogP contribution in [0.15, 0.2) is 12.2 Å². The van der Waals surface area contributed by atoms with Crippen LogP contribution in [0.5, 0.6) is 0 Å². The van der Waals surface area contributed by atoms with E-state index in [0.717, 1.165) is 6.42 Å². The Hall–Kier alpha value is -0.520. The van der Waals surface area contributed by atoms with Gasteiger partial charge in [-0.05, 0) is 31.8 Å². The predicted octanol–water partition coefficient (Wildman–Crippen LogP) is 3.70. The fourth-order valence-electron chi connectivity index (χ4n) is 0.832. The number of allylic oxidation sites excluding steroid dienone is 3. The SMILES string of the molecule is [CH]=CCCCC.[C]1=CCCC1. The van der Waals surface area contributed by atoms with Gasteiger partial charge in [-0.3, -0.25) is 0 Å². The molecule has 0 amide bonds. The quantitative estimate of drug-likeness (QED) is 0.538. The second kappa shape index (κ2) is 9.48. The fraction of sp³-hybridized carbons (Fsp3) is 0.636. The fourth-order valence-corrected chi connectivity index (χ4v) is 0.832. The molecule has 0 aromatic heterocycles. The highest BCUT2D eigenvalue weighted by molar-refractivity contribution is 4.80. The van der Waals surface area contributed by atoms with Crippen LogP contribution in [-0.4, -0.2) is 0 Å². The van der Waals surface area contributed by atoms with Crippen molar-refractivity contribution in [2.75, 3.05) is 0 Å². The van der Waals surface area contributed by atoms with Crippen molar-refractivity contribution in [3.8, 4) is 0 Å². The van der Waals surface area contributed by atoms with E-state index in [0.29, 0.717) is 0 Å². The Kier molecular flexibility index (Phi) is 9.03. The highest BCUT2D eigenvalue weighted by Crippen LogP contribution is 2.03. The Bertz CT molecular complexity index is 94.6. The van der Waals surface area contributed by atoms with E-state index >= 15 is 0 Å². The van der Waals surface area contributed by atoms with Gasteiger partial charge in [-0.1, -0.05) is 38.5 Å². The maximum absolute atomic E-state index is 5.09. The van der Waals surface area contributed by atoms with Crippen LogP contribution in [0.3, 0.4) is 0 Å². The van der Waals surface area contributed by atoms with Crippen LogP contribution in [0.25, 0.3) is 0 Å². The van der Waals surface area contributed by atoms with Crippen molar-refractivity contribution in [1.82, 2.24) is 0 Å². The summed E-state index contributed by atoms with van der Waals surface area (Å²) in [5.41, 5.74) is 0. The zero-order chi connectivity index (χ0) is 8.36. The first-order chi connectivity index (χ1) is 5.41. The molecule has 62 valence electrons. The van der Waals surface area contributed by atoms with E-state index < -0.39 is 0 Å². The molecule has 0 nitrogen and oxygen atoms in total. The lowest BCUT2D eigenvalue weighted by Gasteiger charge is -1.81. The molecule has 0 spiro atoms. The second-order valence-electron chi connectivity index (χ2n) is 2.68. The third-order valence-corrected chi connectivity index (χ3v) is 1.54. The van der Waals surface area contributed by atoms with E-state index in [2.05, 4.69) is 19.1 Å². The van der Waals surface area contributed by atoms with Gasteiger partial charge in [0.2, 0.25) is 0 Å². The number of unbranched alkanes of at least 4 members (excludes halogenated alkanes) is 2. The van der Waals surface area contributed by atoms with Crippen molar-refractivity contribution in [3.63, 3.8) is 0 Å². The largest absolute Gasteiger partial charge is 0.0845 e. The van der Waals surface area contributed by atoms with Crippen molar-refractivity contribution in [3.05, 3.63) is 24.8 Å². The number of hydrogen-bond donors (Lipinski definition) is 0. The summed E-state index contributed by atoms with van der Waals surface area (Å²) >= 11 is 0. The molecule has 0 aromatic carbocycles. The van der Waals surface area contributed by atoms with Gasteiger partial charge in [0.1, 0.15) is 0 Å². The highest BCUT2D eigenvalue weighted by atomic mass is 13.9. The van der Waals surface area contributed by atoms with E-state index in [4.69, 9.17) is 6.58 Å². The van der Waals surface area contributed by atoms with E-state index in [1.807, 2.05) is 0 Å². The summed E-state index contributed by atoms with van der Waals surface area (Å²) in [6.45, 7) is 7.25. The van der Waals surface area contributed by atoms with Gasteiger partial charge in [0, 0.05) is 0 Å². The lowest BCUT2D eigenvalue weighted by molar-refractivity contribution is 0.815. The first-order valence-electron chi connectivity index (χ1n) is 4.50. The van der Waals surface area contributed by atoms with Gasteiger partial charge >= 0.3 is 0 Å². The lowest BCUT2D eigenvalue weighted by atomic mass is 10.3. The zero-order valence-corrected chi connectivity index (χ0v) is 7.47. The molecular formula is C11H18. The van der Waals surface area contributed by atoms with Gasteiger partial charge in [0.05, 0.1) is 0 Å². The predicted molar refractivity (Wildman–Crippen MR) is 50.1 cm³/mol. The van der Waals surface area contributed by atoms with Crippen LogP contribution in [-0.2, 0) is 0 Å². The molecule has 2 radical (unpaired) electrons. The molecule has 0 aliphatic heterocycles. The molecule has 1 aliphatic rings.